The van der Waals surface area contributed by atoms with Crippen molar-refractivity contribution in [2.75, 3.05) is 19.6 Å². The number of likely N-dealkylation sites (tertiary alicyclic amines) is 1. The van der Waals surface area contributed by atoms with Gasteiger partial charge in [-0.1, -0.05) is 36.4 Å². The van der Waals surface area contributed by atoms with Crippen molar-refractivity contribution in [3.63, 3.8) is 0 Å². The maximum absolute atomic E-state index is 13.6. The molecule has 6 nitrogen and oxygen atoms in total. The first kappa shape index (κ1) is 18.7. The zero-order chi connectivity index (χ0) is 20.7. The van der Waals surface area contributed by atoms with Crippen LogP contribution in [0.5, 0.6) is 5.75 Å². The standard InChI is InChI=1S/C24H25N3O3/c1-17(28)26-12-10-24(11-13-26)16-27(15-18-6-2-5-9-22(18)30-24)23(29)20-14-25-21-8-4-3-7-19(20)21/h2-9,14,25H,10-13,15-16H2,1H3. The number of amides is 2. The Morgan fingerprint density at radius 2 is 1.73 bits per heavy atom. The number of carbonyl (C=O) groups excluding carboxylic acids is 2. The molecular formula is C24H25N3O3. The summed E-state index contributed by atoms with van der Waals surface area (Å²) in [5.74, 6) is 0.926. The van der Waals surface area contributed by atoms with E-state index in [9.17, 15) is 9.59 Å². The lowest BCUT2D eigenvalue weighted by atomic mass is 9.90. The van der Waals surface area contributed by atoms with Gasteiger partial charge in [-0.25, -0.2) is 0 Å². The Morgan fingerprint density at radius 3 is 2.53 bits per heavy atom. The van der Waals surface area contributed by atoms with Crippen LogP contribution in [-0.4, -0.2) is 51.8 Å². The van der Waals surface area contributed by atoms with Gasteiger partial charge in [0.15, 0.2) is 0 Å². The molecule has 3 aromatic rings. The second-order valence-corrected chi connectivity index (χ2v) is 8.31. The zero-order valence-electron chi connectivity index (χ0n) is 17.1. The zero-order valence-corrected chi connectivity index (χ0v) is 17.1. The van der Waals surface area contributed by atoms with Crippen LogP contribution >= 0.6 is 0 Å². The average Bonchev–Trinajstić information content (AvgIpc) is 3.11. The van der Waals surface area contributed by atoms with Gasteiger partial charge in [0.25, 0.3) is 5.91 Å². The summed E-state index contributed by atoms with van der Waals surface area (Å²) in [5, 5.41) is 0.932. The third-order valence-corrected chi connectivity index (χ3v) is 6.37. The molecule has 2 aromatic carbocycles. The first-order valence-corrected chi connectivity index (χ1v) is 10.4. The second kappa shape index (κ2) is 7.20. The Hall–Kier alpha value is -3.28. The quantitative estimate of drug-likeness (QED) is 0.675. The van der Waals surface area contributed by atoms with Gasteiger partial charge >= 0.3 is 0 Å². The van der Waals surface area contributed by atoms with Crippen molar-refractivity contribution in [3.8, 4) is 5.75 Å². The smallest absolute Gasteiger partial charge is 0.256 e. The number of nitrogens with zero attached hydrogens (tertiary/aromatic N) is 2. The van der Waals surface area contributed by atoms with E-state index in [0.717, 1.165) is 22.2 Å². The minimum atomic E-state index is -0.486. The minimum Gasteiger partial charge on any atom is -0.485 e. The van der Waals surface area contributed by atoms with Crippen molar-refractivity contribution in [2.24, 2.45) is 0 Å². The van der Waals surface area contributed by atoms with Crippen LogP contribution in [0.15, 0.2) is 54.7 Å². The van der Waals surface area contributed by atoms with Crippen LogP contribution in [0, 0.1) is 0 Å². The maximum Gasteiger partial charge on any atom is 0.256 e. The number of rotatable bonds is 1. The molecule has 5 rings (SSSR count). The fourth-order valence-corrected chi connectivity index (χ4v) is 4.66. The Balaban J connectivity index is 1.50. The van der Waals surface area contributed by atoms with Gasteiger partial charge in [-0.15, -0.1) is 0 Å². The number of piperidine rings is 1. The number of aromatic amines is 1. The van der Waals surface area contributed by atoms with Crippen molar-refractivity contribution in [1.82, 2.24) is 14.8 Å². The molecule has 3 heterocycles. The van der Waals surface area contributed by atoms with E-state index in [2.05, 4.69) is 4.98 Å². The van der Waals surface area contributed by atoms with Crippen molar-refractivity contribution in [3.05, 3.63) is 65.9 Å². The van der Waals surface area contributed by atoms with Crippen molar-refractivity contribution in [1.29, 1.82) is 0 Å². The van der Waals surface area contributed by atoms with E-state index in [1.54, 1.807) is 13.1 Å². The third-order valence-electron chi connectivity index (χ3n) is 6.37. The summed E-state index contributed by atoms with van der Waals surface area (Å²) in [4.78, 5) is 32.4. The van der Waals surface area contributed by atoms with Crippen LogP contribution in [0.25, 0.3) is 10.9 Å². The monoisotopic (exact) mass is 403 g/mol. The number of benzene rings is 2. The topological polar surface area (TPSA) is 65.6 Å². The second-order valence-electron chi connectivity index (χ2n) is 8.31. The summed E-state index contributed by atoms with van der Waals surface area (Å²) < 4.78 is 6.56. The Kier molecular flexibility index (Phi) is 4.50. The molecule has 0 atom stereocenters. The van der Waals surface area contributed by atoms with Crippen LogP contribution in [0.2, 0.25) is 0 Å². The van der Waals surface area contributed by atoms with Crippen molar-refractivity contribution < 1.29 is 14.3 Å². The van der Waals surface area contributed by atoms with Gasteiger partial charge in [0.1, 0.15) is 11.4 Å². The van der Waals surface area contributed by atoms with Gasteiger partial charge < -0.3 is 19.5 Å². The molecule has 0 saturated carbocycles. The first-order valence-electron chi connectivity index (χ1n) is 10.4. The Labute approximate surface area is 175 Å². The average molecular weight is 403 g/mol. The van der Waals surface area contributed by atoms with Crippen LogP contribution in [0.1, 0.15) is 35.7 Å². The molecule has 1 saturated heterocycles. The number of nitrogens with one attached hydrogen (secondary N) is 1. The summed E-state index contributed by atoms with van der Waals surface area (Å²) in [6, 6.07) is 15.8. The molecule has 2 amide bonds. The normalized spacial score (nSPS) is 18.0. The molecule has 2 aliphatic rings. The number of carbonyl (C=O) groups is 2. The highest BCUT2D eigenvalue weighted by Gasteiger charge is 2.42. The van der Waals surface area contributed by atoms with Gasteiger partial charge in [-0.05, 0) is 12.1 Å². The lowest BCUT2D eigenvalue weighted by Gasteiger charge is -2.42. The Morgan fingerprint density at radius 1 is 1.00 bits per heavy atom. The first-order chi connectivity index (χ1) is 14.5. The fourth-order valence-electron chi connectivity index (χ4n) is 4.66. The van der Waals surface area contributed by atoms with Gasteiger partial charge in [0.2, 0.25) is 5.91 Å². The molecule has 1 spiro atoms. The SMILES string of the molecule is CC(=O)N1CCC2(CC1)CN(C(=O)c1c[nH]c3ccccc13)Cc1ccccc1O2. The lowest BCUT2D eigenvalue weighted by Crippen LogP contribution is -2.54. The van der Waals surface area contributed by atoms with Gasteiger partial charge in [-0.3, -0.25) is 9.59 Å². The summed E-state index contributed by atoms with van der Waals surface area (Å²) in [6.07, 6.45) is 3.22. The third kappa shape index (κ3) is 3.22. The minimum absolute atomic E-state index is 0.00104. The van der Waals surface area contributed by atoms with Crippen molar-refractivity contribution in [2.45, 2.75) is 31.9 Å². The number of hydrogen-bond donors (Lipinski definition) is 1. The molecule has 1 fully saturated rings. The molecule has 0 aliphatic carbocycles. The largest absolute Gasteiger partial charge is 0.485 e. The summed E-state index contributed by atoms with van der Waals surface area (Å²) in [5.41, 5.74) is 2.16. The molecule has 30 heavy (non-hydrogen) atoms. The van der Waals surface area contributed by atoms with Gasteiger partial charge in [0, 0.05) is 62.1 Å². The van der Waals surface area contributed by atoms with E-state index < -0.39 is 5.60 Å². The molecule has 2 aliphatic heterocycles. The molecule has 6 heteroatoms. The number of hydrogen-bond acceptors (Lipinski definition) is 3. The molecule has 0 bridgehead atoms. The molecule has 1 N–H and O–H groups in total. The summed E-state index contributed by atoms with van der Waals surface area (Å²) in [7, 11) is 0. The molecule has 0 unspecified atom stereocenters. The number of ether oxygens (including phenoxy) is 1. The highest BCUT2D eigenvalue weighted by molar-refractivity contribution is 6.06. The number of para-hydroxylation sites is 2. The maximum atomic E-state index is 13.6. The number of aromatic nitrogens is 1. The van der Waals surface area contributed by atoms with Gasteiger partial charge in [0.05, 0.1) is 12.1 Å². The fraction of sp³-hybridized carbons (Fsp3) is 0.333. The van der Waals surface area contributed by atoms with Crippen LogP contribution in [0.4, 0.5) is 0 Å². The summed E-state index contributed by atoms with van der Waals surface area (Å²) in [6.45, 7) is 3.91. The van der Waals surface area contributed by atoms with E-state index in [1.807, 2.05) is 58.3 Å². The highest BCUT2D eigenvalue weighted by Crippen LogP contribution is 2.36. The van der Waals surface area contributed by atoms with E-state index in [-0.39, 0.29) is 11.8 Å². The van der Waals surface area contributed by atoms with E-state index in [4.69, 9.17) is 4.74 Å². The molecule has 0 radical (unpaired) electrons. The van der Waals surface area contributed by atoms with Crippen LogP contribution in [0.3, 0.4) is 0 Å². The molecular weight excluding hydrogens is 378 g/mol. The molecule has 1 aromatic heterocycles. The van der Waals surface area contributed by atoms with Crippen LogP contribution < -0.4 is 4.74 Å². The van der Waals surface area contributed by atoms with E-state index in [0.29, 0.717) is 44.6 Å². The summed E-state index contributed by atoms with van der Waals surface area (Å²) >= 11 is 0. The predicted molar refractivity (Wildman–Crippen MR) is 114 cm³/mol. The number of fused-ring (bicyclic) bond motifs is 2. The number of H-pyrrole nitrogens is 1. The van der Waals surface area contributed by atoms with E-state index >= 15 is 0 Å². The van der Waals surface area contributed by atoms with E-state index in [1.165, 1.54) is 0 Å². The lowest BCUT2D eigenvalue weighted by molar-refractivity contribution is -0.132. The van der Waals surface area contributed by atoms with Crippen LogP contribution in [-0.2, 0) is 11.3 Å². The van der Waals surface area contributed by atoms with Gasteiger partial charge in [-0.2, -0.15) is 0 Å². The predicted octanol–water partition coefficient (Wildman–Crippen LogP) is 3.58. The molecule has 154 valence electrons. The van der Waals surface area contributed by atoms with Crippen molar-refractivity contribution >= 4 is 22.7 Å². The Bertz CT molecular complexity index is 1110. The highest BCUT2D eigenvalue weighted by atomic mass is 16.5.